The highest BCUT2D eigenvalue weighted by atomic mass is 35.5. The first-order valence-corrected chi connectivity index (χ1v) is 8.97. The molecule has 0 fully saturated rings. The van der Waals surface area contributed by atoms with E-state index in [2.05, 4.69) is 10.3 Å². The number of benzene rings is 2. The van der Waals surface area contributed by atoms with E-state index < -0.39 is 0 Å². The number of nitrogens with two attached hydrogens (primary N) is 2. The van der Waals surface area contributed by atoms with Crippen molar-refractivity contribution in [1.82, 2.24) is 4.98 Å². The highest BCUT2D eigenvalue weighted by Crippen LogP contribution is 2.37. The standard InChI is InChI=1S/C16H11ClN4OS2.2ClH/c17-13-9-3-1-8(19)6-12(9)23-14(13)15(22)21-16-20-10-5-7(18)2-4-11(10)24-16;;/h1-6H,18-19H2,(H,20,21,22);2*1H. The zero-order valence-corrected chi connectivity index (χ0v) is 17.0. The normalized spacial score (nSPS) is 10.3. The first-order valence-electron chi connectivity index (χ1n) is 6.96. The van der Waals surface area contributed by atoms with Crippen LogP contribution in [0.3, 0.4) is 0 Å². The molecule has 26 heavy (non-hydrogen) atoms. The minimum Gasteiger partial charge on any atom is -0.399 e. The van der Waals surface area contributed by atoms with Crippen LogP contribution in [0, 0.1) is 0 Å². The number of thiazole rings is 1. The Bertz CT molecular complexity index is 1110. The first-order chi connectivity index (χ1) is 11.5. The van der Waals surface area contributed by atoms with Crippen LogP contribution in [0.15, 0.2) is 36.4 Å². The van der Waals surface area contributed by atoms with Gasteiger partial charge in [-0.2, -0.15) is 0 Å². The van der Waals surface area contributed by atoms with Gasteiger partial charge in [-0.25, -0.2) is 4.98 Å². The Morgan fingerprint density at radius 3 is 2.46 bits per heavy atom. The van der Waals surface area contributed by atoms with Gasteiger partial charge in [0.25, 0.3) is 5.91 Å². The Kier molecular flexibility index (Phi) is 6.21. The number of anilines is 3. The van der Waals surface area contributed by atoms with Gasteiger partial charge in [0.2, 0.25) is 0 Å². The number of thiophene rings is 1. The van der Waals surface area contributed by atoms with Gasteiger partial charge >= 0.3 is 0 Å². The summed E-state index contributed by atoms with van der Waals surface area (Å²) in [5.41, 5.74) is 13.6. The largest absolute Gasteiger partial charge is 0.399 e. The van der Waals surface area contributed by atoms with Crippen LogP contribution in [0.4, 0.5) is 16.5 Å². The second-order valence-electron chi connectivity index (χ2n) is 5.20. The maximum Gasteiger partial charge on any atom is 0.269 e. The molecule has 4 aromatic rings. The summed E-state index contributed by atoms with van der Waals surface area (Å²) in [6.07, 6.45) is 0. The third-order valence-electron chi connectivity index (χ3n) is 3.49. The fourth-order valence-corrected chi connectivity index (χ4v) is 4.68. The van der Waals surface area contributed by atoms with Gasteiger partial charge in [0.15, 0.2) is 5.13 Å². The summed E-state index contributed by atoms with van der Waals surface area (Å²) in [6.45, 7) is 0. The van der Waals surface area contributed by atoms with Gasteiger partial charge in [0.05, 0.1) is 15.2 Å². The van der Waals surface area contributed by atoms with E-state index in [4.69, 9.17) is 23.1 Å². The predicted octanol–water partition coefficient (Wildman–Crippen LogP) is 5.42. The number of carbonyl (C=O) groups is 1. The van der Waals surface area contributed by atoms with E-state index in [0.29, 0.717) is 26.4 Å². The molecule has 0 aliphatic carbocycles. The molecule has 0 unspecified atom stereocenters. The summed E-state index contributed by atoms with van der Waals surface area (Å²) in [4.78, 5) is 17.4. The lowest BCUT2D eigenvalue weighted by Crippen LogP contribution is -2.10. The molecule has 2 aromatic heterocycles. The van der Waals surface area contributed by atoms with Crippen LogP contribution in [0.2, 0.25) is 5.02 Å². The van der Waals surface area contributed by atoms with Crippen LogP contribution in [0.1, 0.15) is 9.67 Å². The van der Waals surface area contributed by atoms with Crippen LogP contribution in [0.25, 0.3) is 20.3 Å². The first kappa shape index (κ1) is 20.5. The minimum absolute atomic E-state index is 0. The van der Waals surface area contributed by atoms with Crippen LogP contribution in [0.5, 0.6) is 0 Å². The molecular weight excluding hydrogens is 435 g/mol. The molecule has 0 aliphatic heterocycles. The number of carbonyl (C=O) groups excluding carboxylic acids is 1. The molecule has 0 spiro atoms. The Morgan fingerprint density at radius 2 is 1.69 bits per heavy atom. The Balaban J connectivity index is 0.00000121. The van der Waals surface area contributed by atoms with Gasteiger partial charge < -0.3 is 11.5 Å². The number of nitrogens with one attached hydrogen (secondary N) is 1. The third kappa shape index (κ3) is 3.67. The van der Waals surface area contributed by atoms with Gasteiger partial charge in [0.1, 0.15) is 4.88 Å². The average Bonchev–Trinajstić information content (AvgIpc) is 3.07. The number of aromatic nitrogens is 1. The molecule has 2 heterocycles. The van der Waals surface area contributed by atoms with E-state index in [0.717, 1.165) is 20.3 Å². The summed E-state index contributed by atoms with van der Waals surface area (Å²) < 4.78 is 1.83. The molecule has 2 aromatic carbocycles. The maximum absolute atomic E-state index is 12.6. The average molecular weight is 448 g/mol. The number of nitrogen functional groups attached to an aromatic ring is 2. The highest BCUT2D eigenvalue weighted by molar-refractivity contribution is 7.23. The topological polar surface area (TPSA) is 94.0 Å². The summed E-state index contributed by atoms with van der Waals surface area (Å²) in [6, 6.07) is 10.9. The summed E-state index contributed by atoms with van der Waals surface area (Å²) >= 11 is 9.04. The van der Waals surface area contributed by atoms with Gasteiger partial charge in [-0.1, -0.05) is 22.9 Å². The Morgan fingerprint density at radius 1 is 1.00 bits per heavy atom. The van der Waals surface area contributed by atoms with Crippen molar-refractivity contribution in [2.24, 2.45) is 0 Å². The van der Waals surface area contributed by atoms with Crippen molar-refractivity contribution >= 4 is 102 Å². The number of hydrogen-bond donors (Lipinski definition) is 3. The number of fused-ring (bicyclic) bond motifs is 2. The lowest BCUT2D eigenvalue weighted by molar-refractivity contribution is 0.103. The number of rotatable bonds is 2. The van der Waals surface area contributed by atoms with E-state index in [9.17, 15) is 4.79 Å². The Labute approximate surface area is 174 Å². The Hall–Kier alpha value is -1.77. The van der Waals surface area contributed by atoms with Crippen LogP contribution in [-0.4, -0.2) is 10.9 Å². The van der Waals surface area contributed by atoms with Crippen molar-refractivity contribution in [2.45, 2.75) is 0 Å². The molecule has 136 valence electrons. The van der Waals surface area contributed by atoms with Crippen molar-refractivity contribution in [3.05, 3.63) is 46.3 Å². The fourth-order valence-electron chi connectivity index (χ4n) is 2.38. The highest BCUT2D eigenvalue weighted by Gasteiger charge is 2.18. The lowest BCUT2D eigenvalue weighted by atomic mass is 10.2. The minimum atomic E-state index is -0.285. The van der Waals surface area contributed by atoms with Gasteiger partial charge in [-0.3, -0.25) is 10.1 Å². The van der Waals surface area contributed by atoms with E-state index in [-0.39, 0.29) is 30.7 Å². The van der Waals surface area contributed by atoms with Crippen molar-refractivity contribution in [1.29, 1.82) is 0 Å². The van der Waals surface area contributed by atoms with Crippen molar-refractivity contribution < 1.29 is 4.79 Å². The molecular formula is C16H13Cl3N4OS2. The van der Waals surface area contributed by atoms with E-state index >= 15 is 0 Å². The molecule has 10 heteroatoms. The molecule has 1 amide bonds. The fraction of sp³-hybridized carbons (Fsp3) is 0. The SMILES string of the molecule is Cl.Cl.Nc1ccc2sc(NC(=O)c3sc4cc(N)ccc4c3Cl)nc2c1. The monoisotopic (exact) mass is 446 g/mol. The number of nitrogens with zero attached hydrogens (tertiary/aromatic N) is 1. The van der Waals surface area contributed by atoms with E-state index in [1.165, 1.54) is 22.7 Å². The zero-order valence-electron chi connectivity index (χ0n) is 13.0. The van der Waals surface area contributed by atoms with Gasteiger partial charge in [-0.15, -0.1) is 36.2 Å². The molecule has 0 atom stereocenters. The third-order valence-corrected chi connectivity index (χ3v) is 6.10. The predicted molar refractivity (Wildman–Crippen MR) is 118 cm³/mol. The van der Waals surface area contributed by atoms with E-state index in [1.807, 2.05) is 18.2 Å². The van der Waals surface area contributed by atoms with Crippen molar-refractivity contribution in [3.8, 4) is 0 Å². The summed E-state index contributed by atoms with van der Waals surface area (Å²) in [5, 5.41) is 4.56. The molecule has 0 radical (unpaired) electrons. The molecule has 0 bridgehead atoms. The molecule has 5 N–H and O–H groups in total. The van der Waals surface area contributed by atoms with Crippen LogP contribution in [-0.2, 0) is 0 Å². The van der Waals surface area contributed by atoms with E-state index in [1.54, 1.807) is 18.2 Å². The number of halogens is 3. The summed E-state index contributed by atoms with van der Waals surface area (Å²) in [7, 11) is 0. The summed E-state index contributed by atoms with van der Waals surface area (Å²) in [5.74, 6) is -0.285. The second kappa shape index (κ2) is 7.85. The molecule has 0 saturated carbocycles. The number of amides is 1. The maximum atomic E-state index is 12.6. The number of hydrogen-bond acceptors (Lipinski definition) is 6. The zero-order chi connectivity index (χ0) is 16.8. The van der Waals surface area contributed by atoms with Gasteiger partial charge in [0, 0.05) is 21.5 Å². The van der Waals surface area contributed by atoms with Crippen molar-refractivity contribution in [3.63, 3.8) is 0 Å². The molecule has 0 saturated heterocycles. The van der Waals surface area contributed by atoms with Gasteiger partial charge in [-0.05, 0) is 36.4 Å². The van der Waals surface area contributed by atoms with Crippen LogP contribution < -0.4 is 16.8 Å². The second-order valence-corrected chi connectivity index (χ2v) is 7.66. The molecule has 0 aliphatic rings. The smallest absolute Gasteiger partial charge is 0.269 e. The lowest BCUT2D eigenvalue weighted by Gasteiger charge is -1.98. The molecule has 4 rings (SSSR count). The quantitative estimate of drug-likeness (QED) is 0.357. The molecule has 5 nitrogen and oxygen atoms in total. The van der Waals surface area contributed by atoms with Crippen molar-refractivity contribution in [2.75, 3.05) is 16.8 Å². The van der Waals surface area contributed by atoms with Crippen LogP contribution >= 0.6 is 59.1 Å².